The van der Waals surface area contributed by atoms with Crippen molar-refractivity contribution in [1.29, 1.82) is 0 Å². The number of hydrogen-bond donors (Lipinski definition) is 0. The average Bonchev–Trinajstić information content (AvgIpc) is 3.14. The molecular weight excluding hydrogens is 559 g/mol. The zero-order valence-corrected chi connectivity index (χ0v) is 25.9. The van der Waals surface area contributed by atoms with Crippen molar-refractivity contribution >= 4 is 54.7 Å². The van der Waals surface area contributed by atoms with Gasteiger partial charge in [-0.2, -0.15) is 0 Å². The summed E-state index contributed by atoms with van der Waals surface area (Å²) in [7, 11) is 0. The van der Waals surface area contributed by atoms with Crippen LogP contribution in [0.4, 0.5) is 0 Å². The second-order valence-corrected chi connectivity index (χ2v) is 16.5. The predicted octanol–water partition coefficient (Wildman–Crippen LogP) is 9.14. The first-order valence-corrected chi connectivity index (χ1v) is 17.8. The Kier molecular flexibility index (Phi) is 6.67. The van der Waals surface area contributed by atoms with Crippen molar-refractivity contribution in [1.82, 2.24) is 0 Å². The maximum atomic E-state index is 2.46. The van der Waals surface area contributed by atoms with Gasteiger partial charge in [-0.3, -0.25) is 0 Å². The number of fused-ring (bicyclic) bond motifs is 2. The molecule has 214 valence electrons. The summed E-state index contributed by atoms with van der Waals surface area (Å²) in [6.07, 6.45) is 0. The minimum atomic E-state index is -3.71. The van der Waals surface area contributed by atoms with E-state index in [1.165, 1.54) is 59.2 Å². The van der Waals surface area contributed by atoms with E-state index in [1.54, 1.807) is 0 Å². The first-order chi connectivity index (χ1) is 22.3. The van der Waals surface area contributed by atoms with E-state index in [4.69, 9.17) is 0 Å². The van der Waals surface area contributed by atoms with Crippen LogP contribution in [0, 0.1) is 0 Å². The van der Waals surface area contributed by atoms with Crippen molar-refractivity contribution < 1.29 is 0 Å². The molecule has 0 saturated heterocycles. The molecule has 0 nitrogen and oxygen atoms in total. The van der Waals surface area contributed by atoms with Crippen molar-refractivity contribution in [3.63, 3.8) is 0 Å². The Balaban J connectivity index is 1.73. The predicted molar refractivity (Wildman–Crippen MR) is 198 cm³/mol. The summed E-state index contributed by atoms with van der Waals surface area (Å²) in [5, 5.41) is 11.7. The Morgan fingerprint density at radius 3 is 1.13 bits per heavy atom. The van der Waals surface area contributed by atoms with Crippen LogP contribution in [-0.4, -0.2) is 0 Å². The Morgan fingerprint density at radius 1 is 0.267 bits per heavy atom. The topological polar surface area (TPSA) is 0 Å². The van der Waals surface area contributed by atoms with E-state index in [1.807, 2.05) is 0 Å². The van der Waals surface area contributed by atoms with Gasteiger partial charge in [0.05, 0.1) is 0 Å². The molecule has 0 saturated carbocycles. The minimum absolute atomic E-state index is 1.24. The summed E-state index contributed by atoms with van der Waals surface area (Å²) in [4.78, 5) is 0. The van der Waals surface area contributed by atoms with E-state index in [9.17, 15) is 0 Å². The van der Waals surface area contributed by atoms with Gasteiger partial charge in [-0.05, 0) is 0 Å². The fourth-order valence-corrected chi connectivity index (χ4v) is 14.8. The van der Waals surface area contributed by atoms with Crippen LogP contribution in [0.1, 0.15) is 0 Å². The van der Waals surface area contributed by atoms with Crippen molar-refractivity contribution in [3.8, 4) is 11.1 Å². The van der Waals surface area contributed by atoms with Crippen molar-refractivity contribution in [2.75, 3.05) is 0 Å². The quantitative estimate of drug-likeness (QED) is 0.169. The molecule has 0 aliphatic carbocycles. The fraction of sp³-hybridized carbons (Fsp3) is 0. The first-order valence-electron chi connectivity index (χ1n) is 15.6. The van der Waals surface area contributed by atoms with Gasteiger partial charge in [0.2, 0.25) is 0 Å². The second kappa shape index (κ2) is 11.0. The molecule has 8 aromatic carbocycles. The first kappa shape index (κ1) is 27.3. The van der Waals surface area contributed by atoms with Gasteiger partial charge in [0.1, 0.15) is 0 Å². The van der Waals surface area contributed by atoms with Crippen LogP contribution in [0.5, 0.6) is 0 Å². The molecule has 0 radical (unpaired) electrons. The third-order valence-electron chi connectivity index (χ3n) is 9.54. The molecule has 0 aliphatic heterocycles. The Hall–Kier alpha value is -5.29. The number of rotatable bonds is 6. The van der Waals surface area contributed by atoms with Gasteiger partial charge < -0.3 is 0 Å². The van der Waals surface area contributed by atoms with Crippen LogP contribution in [-0.2, 0) is 0 Å². The standard InChI is InChI=1S/C44H33P/c1-5-21-36(22-6-1)45(37-23-7-2-8-24-37,38-25-9-3-10-26-38,39-27-11-4-12-28-39)43-33-32-35-19-14-16-30-41(35)44(43)42-31-17-20-34-18-13-15-29-40(34)42/h1-33H. The van der Waals surface area contributed by atoms with Crippen LogP contribution < -0.4 is 26.5 Å². The molecule has 0 aliphatic rings. The van der Waals surface area contributed by atoms with Crippen LogP contribution in [0.25, 0.3) is 32.7 Å². The molecule has 0 unspecified atom stereocenters. The van der Waals surface area contributed by atoms with E-state index >= 15 is 0 Å². The molecule has 45 heavy (non-hydrogen) atoms. The molecule has 0 atom stereocenters. The molecule has 1 heteroatoms. The molecule has 0 bridgehead atoms. The molecule has 0 heterocycles. The number of benzene rings is 8. The third-order valence-corrected chi connectivity index (χ3v) is 16.2. The summed E-state index contributed by atoms with van der Waals surface area (Å²) in [6.45, 7) is -3.71. The van der Waals surface area contributed by atoms with Crippen LogP contribution in [0.2, 0.25) is 0 Å². The van der Waals surface area contributed by atoms with E-state index in [2.05, 4.69) is 200 Å². The monoisotopic (exact) mass is 592 g/mol. The van der Waals surface area contributed by atoms with Gasteiger partial charge in [0, 0.05) is 0 Å². The van der Waals surface area contributed by atoms with Crippen LogP contribution in [0.15, 0.2) is 200 Å². The van der Waals surface area contributed by atoms with Crippen LogP contribution in [0.3, 0.4) is 0 Å². The van der Waals surface area contributed by atoms with Crippen molar-refractivity contribution in [2.45, 2.75) is 0 Å². The molecule has 8 aromatic rings. The molecule has 8 rings (SSSR count). The zero-order chi connectivity index (χ0) is 30.1. The Bertz CT molecular complexity index is 2080. The summed E-state index contributed by atoms with van der Waals surface area (Å²) in [6, 6.07) is 74.5. The summed E-state index contributed by atoms with van der Waals surface area (Å²) < 4.78 is 0. The van der Waals surface area contributed by atoms with E-state index in [0.717, 1.165) is 0 Å². The molecule has 0 aromatic heterocycles. The normalized spacial score (nSPS) is 12.5. The molecule has 0 N–H and O–H groups in total. The van der Waals surface area contributed by atoms with Gasteiger partial charge in [-0.15, -0.1) is 0 Å². The van der Waals surface area contributed by atoms with Crippen LogP contribution >= 0.6 is 6.60 Å². The molecule has 0 fully saturated rings. The van der Waals surface area contributed by atoms with Gasteiger partial charge in [0.25, 0.3) is 0 Å². The fourth-order valence-electron chi connectivity index (χ4n) is 7.71. The average molecular weight is 593 g/mol. The zero-order valence-electron chi connectivity index (χ0n) is 25.0. The molecule has 0 amide bonds. The summed E-state index contributed by atoms with van der Waals surface area (Å²) >= 11 is 0. The summed E-state index contributed by atoms with van der Waals surface area (Å²) in [5.41, 5.74) is 2.55. The van der Waals surface area contributed by atoms with Crippen molar-refractivity contribution in [2.24, 2.45) is 0 Å². The second-order valence-electron chi connectivity index (χ2n) is 11.7. The van der Waals surface area contributed by atoms with Gasteiger partial charge in [-0.1, -0.05) is 0 Å². The molecule has 0 spiro atoms. The number of hydrogen-bond acceptors (Lipinski definition) is 0. The van der Waals surface area contributed by atoms with E-state index in [-0.39, 0.29) is 0 Å². The van der Waals surface area contributed by atoms with Gasteiger partial charge >= 0.3 is 266 Å². The Morgan fingerprint density at radius 2 is 0.644 bits per heavy atom. The van der Waals surface area contributed by atoms with Gasteiger partial charge in [0.15, 0.2) is 0 Å². The molecular formula is C44H33P. The van der Waals surface area contributed by atoms with Gasteiger partial charge in [-0.25, -0.2) is 0 Å². The maximum absolute atomic E-state index is 3.71. The Labute approximate surface area is 265 Å². The summed E-state index contributed by atoms with van der Waals surface area (Å²) in [5.74, 6) is 0. The van der Waals surface area contributed by atoms with Crippen molar-refractivity contribution in [3.05, 3.63) is 200 Å². The third kappa shape index (κ3) is 3.90. The van der Waals surface area contributed by atoms with E-state index in [0.29, 0.717) is 0 Å². The SMILES string of the molecule is c1ccc(P(c2ccccc2)(c2ccccc2)(c2ccccc2)c2ccc3ccccc3c2-c2cccc3ccccc23)cc1. The van der Waals surface area contributed by atoms with E-state index < -0.39 is 6.60 Å².